The van der Waals surface area contributed by atoms with Crippen LogP contribution in [0.5, 0.6) is 0 Å². The van der Waals surface area contributed by atoms with Gasteiger partial charge < -0.3 is 5.11 Å². The van der Waals surface area contributed by atoms with Crippen LogP contribution < -0.4 is 0 Å². The van der Waals surface area contributed by atoms with Gasteiger partial charge in [0.25, 0.3) is 0 Å². The minimum Gasteiger partial charge on any atom is -0.390 e. The standard InChI is InChI=1S/C22H37BO2/c1-14(24)16-5-6-17-15-7-10-22(23)13-19(2,25)11-12-21(22,4)18(15)8-9-20(16,17)3/h15-18,25H,5-13,23H2,1-4H3/t15-,16+,17-,18-,19+,20+,21+,22+/m0/s1. The fourth-order valence-corrected chi connectivity index (χ4v) is 8.60. The van der Waals surface area contributed by atoms with Crippen molar-refractivity contribution in [2.24, 2.45) is 34.5 Å². The highest BCUT2D eigenvalue weighted by Crippen LogP contribution is 2.73. The summed E-state index contributed by atoms with van der Waals surface area (Å²) in [5, 5.41) is 11.0. The maximum Gasteiger partial charge on any atom is 0.133 e. The number of carbonyl (C=O) groups is 1. The van der Waals surface area contributed by atoms with Gasteiger partial charge in [0.2, 0.25) is 0 Å². The van der Waals surface area contributed by atoms with Crippen LogP contribution in [0.2, 0.25) is 5.31 Å². The summed E-state index contributed by atoms with van der Waals surface area (Å²) in [6, 6.07) is 0. The lowest BCUT2D eigenvalue weighted by molar-refractivity contribution is -0.144. The molecule has 4 aliphatic rings. The normalized spacial score (nSPS) is 58.1. The van der Waals surface area contributed by atoms with Crippen LogP contribution >= 0.6 is 0 Å². The highest BCUT2D eigenvalue weighted by Gasteiger charge is 2.64. The smallest absolute Gasteiger partial charge is 0.133 e. The van der Waals surface area contributed by atoms with Crippen molar-refractivity contribution < 1.29 is 9.90 Å². The first-order valence-electron chi connectivity index (χ1n) is 10.8. The molecule has 4 saturated carbocycles. The fraction of sp³-hybridized carbons (Fsp3) is 0.955. The summed E-state index contributed by atoms with van der Waals surface area (Å²) in [7, 11) is 2.47. The van der Waals surface area contributed by atoms with Gasteiger partial charge in [-0.15, -0.1) is 0 Å². The van der Waals surface area contributed by atoms with Crippen molar-refractivity contribution in [3.05, 3.63) is 0 Å². The average Bonchev–Trinajstić information content (AvgIpc) is 2.85. The third-order valence-corrected chi connectivity index (χ3v) is 10.1. The Morgan fingerprint density at radius 3 is 2.36 bits per heavy atom. The molecule has 140 valence electrons. The van der Waals surface area contributed by atoms with E-state index in [1.807, 2.05) is 6.92 Å². The number of fused-ring (bicyclic) bond motifs is 5. The van der Waals surface area contributed by atoms with Gasteiger partial charge in [-0.1, -0.05) is 32.0 Å². The zero-order valence-electron chi connectivity index (χ0n) is 17.0. The second kappa shape index (κ2) is 5.36. The number of ketones is 1. The lowest BCUT2D eigenvalue weighted by Crippen LogP contribution is -2.58. The summed E-state index contributed by atoms with van der Waals surface area (Å²) in [5.74, 6) is 3.11. The summed E-state index contributed by atoms with van der Waals surface area (Å²) < 4.78 is 0. The van der Waals surface area contributed by atoms with Crippen molar-refractivity contribution >= 4 is 13.6 Å². The molecule has 25 heavy (non-hydrogen) atoms. The second-order valence-corrected chi connectivity index (χ2v) is 11.4. The average molecular weight is 344 g/mol. The minimum absolute atomic E-state index is 0.261. The Labute approximate surface area is 154 Å². The first-order chi connectivity index (χ1) is 11.5. The van der Waals surface area contributed by atoms with Crippen LogP contribution in [0.1, 0.15) is 85.5 Å². The van der Waals surface area contributed by atoms with Crippen LogP contribution in [0.3, 0.4) is 0 Å². The number of rotatable bonds is 1. The SMILES string of the molecule is B[C@@]12CC[C@H]3[C@@H]4CC[C@H](C(C)=O)[C@@]4(C)CC[C@@H]3[C@@]1(C)CC[C@@](C)(O)C2. The Bertz CT molecular complexity index is 587. The lowest BCUT2D eigenvalue weighted by atomic mass is 9.34. The summed E-state index contributed by atoms with van der Waals surface area (Å²) in [4.78, 5) is 12.3. The second-order valence-electron chi connectivity index (χ2n) is 11.4. The van der Waals surface area contributed by atoms with Crippen LogP contribution in [0.25, 0.3) is 0 Å². The molecule has 1 N–H and O–H groups in total. The molecule has 0 amide bonds. The summed E-state index contributed by atoms with van der Waals surface area (Å²) in [5.41, 5.74) is 0.155. The molecule has 4 aliphatic carbocycles. The van der Waals surface area contributed by atoms with E-state index in [9.17, 15) is 9.90 Å². The molecule has 3 heteroatoms. The van der Waals surface area contributed by atoms with E-state index in [0.717, 1.165) is 37.0 Å². The van der Waals surface area contributed by atoms with Gasteiger partial charge in [0.05, 0.1) is 5.60 Å². The van der Waals surface area contributed by atoms with Crippen molar-refractivity contribution in [2.75, 3.05) is 0 Å². The van der Waals surface area contributed by atoms with Crippen LogP contribution in [0.4, 0.5) is 0 Å². The third-order valence-electron chi connectivity index (χ3n) is 10.1. The van der Waals surface area contributed by atoms with E-state index >= 15 is 0 Å². The molecule has 0 saturated heterocycles. The maximum absolute atomic E-state index is 12.3. The van der Waals surface area contributed by atoms with E-state index in [0.29, 0.717) is 17.1 Å². The molecule has 0 aromatic carbocycles. The van der Waals surface area contributed by atoms with Gasteiger partial charge >= 0.3 is 0 Å². The minimum atomic E-state index is -0.475. The third kappa shape index (κ3) is 2.36. The Kier molecular flexibility index (Phi) is 3.88. The van der Waals surface area contributed by atoms with E-state index in [1.54, 1.807) is 0 Å². The molecule has 0 aliphatic heterocycles. The van der Waals surface area contributed by atoms with Crippen LogP contribution in [-0.2, 0) is 4.79 Å². The Hall–Kier alpha value is -0.305. The van der Waals surface area contributed by atoms with Crippen LogP contribution in [0.15, 0.2) is 0 Å². The van der Waals surface area contributed by atoms with Gasteiger partial charge in [0.1, 0.15) is 13.6 Å². The van der Waals surface area contributed by atoms with Gasteiger partial charge in [-0.2, -0.15) is 0 Å². The Morgan fingerprint density at radius 1 is 0.960 bits per heavy atom. The molecule has 0 radical (unpaired) electrons. The van der Waals surface area contributed by atoms with E-state index in [-0.39, 0.29) is 10.7 Å². The molecule has 0 aromatic heterocycles. The molecular formula is C22H37BO2. The van der Waals surface area contributed by atoms with Crippen molar-refractivity contribution in [1.82, 2.24) is 0 Å². The van der Waals surface area contributed by atoms with Crippen molar-refractivity contribution in [2.45, 2.75) is 96.4 Å². The number of carbonyl (C=O) groups excluding carboxylic acids is 1. The van der Waals surface area contributed by atoms with E-state index in [2.05, 4.69) is 28.6 Å². The summed E-state index contributed by atoms with van der Waals surface area (Å²) in [6.45, 7) is 8.87. The first-order valence-corrected chi connectivity index (χ1v) is 10.8. The lowest BCUT2D eigenvalue weighted by Gasteiger charge is -2.66. The van der Waals surface area contributed by atoms with Gasteiger partial charge in [-0.3, -0.25) is 4.79 Å². The maximum atomic E-state index is 12.3. The summed E-state index contributed by atoms with van der Waals surface area (Å²) >= 11 is 0. The van der Waals surface area contributed by atoms with Crippen molar-refractivity contribution in [3.63, 3.8) is 0 Å². The highest BCUT2D eigenvalue weighted by atomic mass is 16.3. The quantitative estimate of drug-likeness (QED) is 0.725. The molecular weight excluding hydrogens is 307 g/mol. The zero-order valence-corrected chi connectivity index (χ0v) is 17.0. The van der Waals surface area contributed by atoms with Crippen LogP contribution in [0, 0.1) is 34.5 Å². The number of hydrogen-bond donors (Lipinski definition) is 1. The molecule has 4 fully saturated rings. The Morgan fingerprint density at radius 2 is 1.68 bits per heavy atom. The van der Waals surface area contributed by atoms with Gasteiger partial charge in [0, 0.05) is 5.92 Å². The molecule has 4 rings (SSSR count). The number of hydrogen-bond acceptors (Lipinski definition) is 2. The molecule has 0 bridgehead atoms. The predicted octanol–water partition coefficient (Wildman–Crippen LogP) is 4.16. The Balaban J connectivity index is 1.65. The van der Waals surface area contributed by atoms with Gasteiger partial charge in [0.15, 0.2) is 0 Å². The molecule has 0 unspecified atom stereocenters. The molecule has 8 atom stereocenters. The van der Waals surface area contributed by atoms with Crippen LogP contribution in [-0.4, -0.2) is 24.3 Å². The predicted molar refractivity (Wildman–Crippen MR) is 104 cm³/mol. The first kappa shape index (κ1) is 18.1. The number of Topliss-reactive ketones (excluding diaryl/α,β-unsaturated/α-hetero) is 1. The van der Waals surface area contributed by atoms with E-state index in [1.165, 1.54) is 38.5 Å². The fourth-order valence-electron chi connectivity index (χ4n) is 8.60. The van der Waals surface area contributed by atoms with Crippen molar-refractivity contribution in [3.8, 4) is 0 Å². The van der Waals surface area contributed by atoms with Gasteiger partial charge in [-0.05, 0) is 87.4 Å². The number of aliphatic hydroxyl groups is 1. The molecule has 0 spiro atoms. The van der Waals surface area contributed by atoms with Gasteiger partial charge in [-0.25, -0.2) is 0 Å². The van der Waals surface area contributed by atoms with E-state index < -0.39 is 5.60 Å². The summed E-state index contributed by atoms with van der Waals surface area (Å²) in [6.07, 6.45) is 10.6. The molecule has 2 nitrogen and oxygen atoms in total. The molecule has 0 aromatic rings. The highest BCUT2D eigenvalue weighted by molar-refractivity contribution is 6.16. The topological polar surface area (TPSA) is 37.3 Å². The molecule has 0 heterocycles. The van der Waals surface area contributed by atoms with Crippen molar-refractivity contribution in [1.29, 1.82) is 0 Å². The largest absolute Gasteiger partial charge is 0.390 e. The monoisotopic (exact) mass is 344 g/mol. The van der Waals surface area contributed by atoms with E-state index in [4.69, 9.17) is 0 Å². The zero-order chi connectivity index (χ0) is 18.3.